The van der Waals surface area contributed by atoms with E-state index in [-0.39, 0.29) is 6.04 Å². The van der Waals surface area contributed by atoms with E-state index in [2.05, 4.69) is 24.5 Å². The van der Waals surface area contributed by atoms with E-state index in [4.69, 9.17) is 15.3 Å². The van der Waals surface area contributed by atoms with Crippen LogP contribution in [-0.4, -0.2) is 35.2 Å². The van der Waals surface area contributed by atoms with Gasteiger partial charge < -0.3 is 9.47 Å². The van der Waals surface area contributed by atoms with Gasteiger partial charge in [0.15, 0.2) is 11.5 Å². The second kappa shape index (κ2) is 7.13. The van der Waals surface area contributed by atoms with Crippen LogP contribution in [0.25, 0.3) is 0 Å². The van der Waals surface area contributed by atoms with Crippen molar-refractivity contribution in [2.45, 2.75) is 29.9 Å². The van der Waals surface area contributed by atoms with Gasteiger partial charge in [-0.25, -0.2) is 0 Å². The van der Waals surface area contributed by atoms with Gasteiger partial charge in [0.1, 0.15) is 0 Å². The van der Waals surface area contributed by atoms with Crippen molar-refractivity contribution in [2.75, 3.05) is 24.7 Å². The molecule has 1 aromatic rings. The summed E-state index contributed by atoms with van der Waals surface area (Å²) < 4.78 is 11.5. The number of thioether (sulfide) groups is 2. The van der Waals surface area contributed by atoms with E-state index in [1.54, 1.807) is 0 Å². The highest BCUT2D eigenvalue weighted by Gasteiger charge is 2.31. The van der Waals surface area contributed by atoms with Crippen LogP contribution >= 0.6 is 23.5 Å². The minimum atomic E-state index is 0.134. The fourth-order valence-electron chi connectivity index (χ4n) is 2.77. The second-order valence-corrected chi connectivity index (χ2v) is 8.08. The van der Waals surface area contributed by atoms with Crippen molar-refractivity contribution < 1.29 is 9.47 Å². The Labute approximate surface area is 134 Å². The first-order chi connectivity index (χ1) is 10.3. The number of hydrogen-bond acceptors (Lipinski definition) is 6. The lowest BCUT2D eigenvalue weighted by molar-refractivity contribution is 0.297. The molecule has 1 fully saturated rings. The highest BCUT2D eigenvalue weighted by Crippen LogP contribution is 2.40. The predicted octanol–water partition coefficient (Wildman–Crippen LogP) is 2.59. The van der Waals surface area contributed by atoms with Gasteiger partial charge in [-0.1, -0.05) is 13.0 Å². The summed E-state index contributed by atoms with van der Waals surface area (Å²) in [7, 11) is 0. The van der Waals surface area contributed by atoms with E-state index in [1.165, 1.54) is 17.1 Å². The third kappa shape index (κ3) is 3.44. The van der Waals surface area contributed by atoms with Crippen molar-refractivity contribution in [3.8, 4) is 11.5 Å². The summed E-state index contributed by atoms with van der Waals surface area (Å²) in [6.45, 7) is 3.72. The van der Waals surface area contributed by atoms with Gasteiger partial charge in [-0.2, -0.15) is 23.5 Å². The predicted molar refractivity (Wildman–Crippen MR) is 90.3 cm³/mol. The van der Waals surface area contributed by atoms with Crippen molar-refractivity contribution >= 4 is 23.5 Å². The summed E-state index contributed by atoms with van der Waals surface area (Å²) in [5.74, 6) is 9.94. The average Bonchev–Trinajstić information content (AvgIpc) is 2.75. The van der Waals surface area contributed by atoms with Crippen LogP contribution in [0.4, 0.5) is 0 Å². The van der Waals surface area contributed by atoms with E-state index in [1.807, 2.05) is 29.6 Å². The number of nitrogens with one attached hydrogen (secondary N) is 1. The molecule has 2 aliphatic heterocycles. The van der Waals surface area contributed by atoms with Crippen molar-refractivity contribution in [3.63, 3.8) is 0 Å². The van der Waals surface area contributed by atoms with Crippen LogP contribution in [0.3, 0.4) is 0 Å². The summed E-state index contributed by atoms with van der Waals surface area (Å²) in [5, 5.41) is 1.05. The zero-order valence-electron chi connectivity index (χ0n) is 12.2. The molecule has 4 nitrogen and oxygen atoms in total. The number of fused-ring (bicyclic) bond motifs is 1. The summed E-state index contributed by atoms with van der Waals surface area (Å²) in [6, 6.07) is 6.32. The van der Waals surface area contributed by atoms with Crippen molar-refractivity contribution in [3.05, 3.63) is 23.8 Å². The number of ether oxygens (including phenoxy) is 2. The molecular weight excluding hydrogens is 304 g/mol. The minimum Gasteiger partial charge on any atom is -0.490 e. The number of rotatable bonds is 3. The number of nitrogens with two attached hydrogens (primary N) is 1. The Kier molecular flexibility index (Phi) is 5.21. The number of hydrazine groups is 1. The Hall–Kier alpha value is -0.560. The SMILES string of the molecule is CC1SCCSC1C(NN)c1ccc2c(c1)OCCCO2. The monoisotopic (exact) mass is 326 g/mol. The average molecular weight is 326 g/mol. The lowest BCUT2D eigenvalue weighted by Crippen LogP contribution is -2.40. The Morgan fingerprint density at radius 1 is 1.19 bits per heavy atom. The third-order valence-corrected chi connectivity index (χ3v) is 7.07. The summed E-state index contributed by atoms with van der Waals surface area (Å²) in [6.07, 6.45) is 0.925. The summed E-state index contributed by atoms with van der Waals surface area (Å²) >= 11 is 4.03. The van der Waals surface area contributed by atoms with Gasteiger partial charge >= 0.3 is 0 Å². The molecule has 2 heterocycles. The molecule has 116 valence electrons. The molecule has 0 spiro atoms. The Bertz CT molecular complexity index is 487. The van der Waals surface area contributed by atoms with Gasteiger partial charge in [0.25, 0.3) is 0 Å². The first-order valence-electron chi connectivity index (χ1n) is 7.38. The van der Waals surface area contributed by atoms with Gasteiger partial charge in [0.05, 0.1) is 19.3 Å². The molecule has 3 atom stereocenters. The molecule has 1 saturated heterocycles. The van der Waals surface area contributed by atoms with Gasteiger partial charge in [0, 0.05) is 28.4 Å². The Morgan fingerprint density at radius 3 is 2.71 bits per heavy atom. The molecular formula is C15H22N2O2S2. The third-order valence-electron chi connectivity index (χ3n) is 3.88. The topological polar surface area (TPSA) is 56.5 Å². The Morgan fingerprint density at radius 2 is 1.95 bits per heavy atom. The van der Waals surface area contributed by atoms with Crippen LogP contribution in [-0.2, 0) is 0 Å². The van der Waals surface area contributed by atoms with Crippen LogP contribution < -0.4 is 20.7 Å². The molecule has 0 amide bonds. The fraction of sp³-hybridized carbons (Fsp3) is 0.600. The fourth-order valence-corrected chi connectivity index (χ4v) is 5.70. The molecule has 1 aromatic carbocycles. The molecule has 0 saturated carbocycles. The quantitative estimate of drug-likeness (QED) is 0.658. The van der Waals surface area contributed by atoms with Crippen LogP contribution in [0.15, 0.2) is 18.2 Å². The van der Waals surface area contributed by atoms with Crippen LogP contribution in [0.5, 0.6) is 11.5 Å². The van der Waals surface area contributed by atoms with Crippen molar-refractivity contribution in [1.29, 1.82) is 0 Å². The first-order valence-corrected chi connectivity index (χ1v) is 9.48. The van der Waals surface area contributed by atoms with E-state index < -0.39 is 0 Å². The van der Waals surface area contributed by atoms with Gasteiger partial charge in [-0.05, 0) is 17.7 Å². The van der Waals surface area contributed by atoms with E-state index in [0.717, 1.165) is 24.5 Å². The molecule has 3 unspecified atom stereocenters. The molecule has 6 heteroatoms. The summed E-state index contributed by atoms with van der Waals surface area (Å²) in [4.78, 5) is 0. The van der Waals surface area contributed by atoms with E-state index in [9.17, 15) is 0 Å². The van der Waals surface area contributed by atoms with Crippen molar-refractivity contribution in [2.24, 2.45) is 5.84 Å². The molecule has 0 aliphatic carbocycles. The maximum atomic E-state index is 5.86. The lowest BCUT2D eigenvalue weighted by atomic mass is 10.0. The van der Waals surface area contributed by atoms with Crippen molar-refractivity contribution in [1.82, 2.24) is 5.43 Å². The van der Waals surface area contributed by atoms with Crippen LogP contribution in [0, 0.1) is 0 Å². The van der Waals surface area contributed by atoms with Crippen LogP contribution in [0.2, 0.25) is 0 Å². The minimum absolute atomic E-state index is 0.134. The lowest BCUT2D eigenvalue weighted by Gasteiger charge is -2.34. The standard InChI is InChI=1S/C15H22N2O2S2/c1-10-15(21-8-7-20-10)14(17-16)11-3-4-12-13(9-11)19-6-2-5-18-12/h3-4,9-10,14-15,17H,2,5-8,16H2,1H3. The highest BCUT2D eigenvalue weighted by atomic mass is 32.2. The Balaban J connectivity index is 1.85. The molecule has 0 bridgehead atoms. The maximum Gasteiger partial charge on any atom is 0.161 e. The zero-order valence-corrected chi connectivity index (χ0v) is 13.8. The molecule has 0 aromatic heterocycles. The first kappa shape index (κ1) is 15.3. The van der Waals surface area contributed by atoms with Gasteiger partial charge in [-0.3, -0.25) is 11.3 Å². The largest absolute Gasteiger partial charge is 0.490 e. The van der Waals surface area contributed by atoms with E-state index in [0.29, 0.717) is 17.1 Å². The maximum absolute atomic E-state index is 5.86. The molecule has 0 radical (unpaired) electrons. The molecule has 21 heavy (non-hydrogen) atoms. The molecule has 3 N–H and O–H groups in total. The summed E-state index contributed by atoms with van der Waals surface area (Å²) in [5.41, 5.74) is 4.19. The highest BCUT2D eigenvalue weighted by molar-refractivity contribution is 8.07. The van der Waals surface area contributed by atoms with Crippen LogP contribution in [0.1, 0.15) is 24.9 Å². The smallest absolute Gasteiger partial charge is 0.161 e. The molecule has 3 rings (SSSR count). The van der Waals surface area contributed by atoms with Gasteiger partial charge in [-0.15, -0.1) is 0 Å². The second-order valence-electron chi connectivity index (χ2n) is 5.31. The van der Waals surface area contributed by atoms with Gasteiger partial charge in [0.2, 0.25) is 0 Å². The molecule has 2 aliphatic rings. The normalized spacial score (nSPS) is 27.0. The zero-order chi connectivity index (χ0) is 14.7. The van der Waals surface area contributed by atoms with E-state index >= 15 is 0 Å². The number of hydrogen-bond donors (Lipinski definition) is 2. The number of benzene rings is 1.